The van der Waals surface area contributed by atoms with Crippen LogP contribution in [0.5, 0.6) is 0 Å². The molecule has 0 aromatic carbocycles. The summed E-state index contributed by atoms with van der Waals surface area (Å²) in [6.45, 7) is 4.94. The molecular formula is C8H14O2. The number of ether oxygens (including phenoxy) is 1. The monoisotopic (exact) mass is 142 g/mol. The molecule has 1 saturated heterocycles. The summed E-state index contributed by atoms with van der Waals surface area (Å²) in [6, 6.07) is 0. The molecule has 1 unspecified atom stereocenters. The van der Waals surface area contributed by atoms with Gasteiger partial charge in [0.05, 0.1) is 6.61 Å². The Morgan fingerprint density at radius 2 is 2.30 bits per heavy atom. The Morgan fingerprint density at radius 1 is 1.60 bits per heavy atom. The van der Waals surface area contributed by atoms with Gasteiger partial charge in [-0.25, -0.2) is 0 Å². The number of rotatable bonds is 1. The van der Waals surface area contributed by atoms with Gasteiger partial charge in [0.2, 0.25) is 0 Å². The minimum absolute atomic E-state index is 0.0232. The molecular weight excluding hydrogens is 128 g/mol. The second-order valence-electron chi connectivity index (χ2n) is 3.22. The minimum atomic E-state index is -0.0232. The van der Waals surface area contributed by atoms with Gasteiger partial charge in [-0.05, 0) is 18.3 Å². The second-order valence-corrected chi connectivity index (χ2v) is 3.22. The van der Waals surface area contributed by atoms with E-state index in [-0.39, 0.29) is 5.97 Å². The third kappa shape index (κ3) is 1.72. The molecule has 1 aliphatic heterocycles. The zero-order valence-electron chi connectivity index (χ0n) is 6.59. The smallest absolute Gasteiger partial charge is 0.306 e. The van der Waals surface area contributed by atoms with Crippen LogP contribution in [0.25, 0.3) is 0 Å². The van der Waals surface area contributed by atoms with E-state index in [1.807, 2.05) is 0 Å². The van der Waals surface area contributed by atoms with Gasteiger partial charge in [-0.15, -0.1) is 0 Å². The van der Waals surface area contributed by atoms with Gasteiger partial charge in [0.25, 0.3) is 0 Å². The summed E-state index contributed by atoms with van der Waals surface area (Å²) in [5.74, 6) is 1.15. The minimum Gasteiger partial charge on any atom is -0.466 e. The van der Waals surface area contributed by atoms with Crippen molar-refractivity contribution in [2.45, 2.75) is 26.7 Å². The highest BCUT2D eigenvalue weighted by Gasteiger charge is 2.22. The first-order valence-electron chi connectivity index (χ1n) is 3.86. The maximum absolute atomic E-state index is 10.8. The van der Waals surface area contributed by atoms with Crippen molar-refractivity contribution in [3.8, 4) is 0 Å². The van der Waals surface area contributed by atoms with E-state index < -0.39 is 0 Å². The van der Waals surface area contributed by atoms with Gasteiger partial charge in [-0.2, -0.15) is 0 Å². The molecule has 1 heterocycles. The number of carbonyl (C=O) groups is 1. The van der Waals surface area contributed by atoms with Crippen LogP contribution in [0.1, 0.15) is 26.7 Å². The molecule has 0 aromatic rings. The lowest BCUT2D eigenvalue weighted by atomic mass is 9.89. The summed E-state index contributed by atoms with van der Waals surface area (Å²) < 4.78 is 4.82. The van der Waals surface area contributed by atoms with Crippen molar-refractivity contribution in [3.63, 3.8) is 0 Å². The van der Waals surface area contributed by atoms with E-state index in [1.165, 1.54) is 0 Å². The van der Waals surface area contributed by atoms with Crippen molar-refractivity contribution in [2.75, 3.05) is 6.61 Å². The van der Waals surface area contributed by atoms with Crippen molar-refractivity contribution in [1.82, 2.24) is 0 Å². The van der Waals surface area contributed by atoms with Crippen LogP contribution in [0, 0.1) is 11.8 Å². The average Bonchev–Trinajstić information content (AvgIpc) is 1.88. The van der Waals surface area contributed by atoms with Crippen molar-refractivity contribution in [3.05, 3.63) is 0 Å². The molecule has 1 rings (SSSR count). The predicted octanol–water partition coefficient (Wildman–Crippen LogP) is 1.60. The van der Waals surface area contributed by atoms with Gasteiger partial charge < -0.3 is 4.74 Å². The molecule has 1 atom stereocenters. The van der Waals surface area contributed by atoms with E-state index in [0.717, 1.165) is 6.42 Å². The molecule has 1 aliphatic rings. The SMILES string of the molecule is CC(C)C1CCOC(=O)C1. The van der Waals surface area contributed by atoms with Crippen LogP contribution in [0.2, 0.25) is 0 Å². The molecule has 0 spiro atoms. The van der Waals surface area contributed by atoms with Crippen molar-refractivity contribution < 1.29 is 9.53 Å². The van der Waals surface area contributed by atoms with Gasteiger partial charge in [-0.3, -0.25) is 4.79 Å². The zero-order chi connectivity index (χ0) is 7.56. The molecule has 58 valence electrons. The fourth-order valence-corrected chi connectivity index (χ4v) is 1.27. The normalized spacial score (nSPS) is 26.7. The molecule has 2 heteroatoms. The highest BCUT2D eigenvalue weighted by atomic mass is 16.5. The summed E-state index contributed by atoms with van der Waals surface area (Å²) in [5, 5.41) is 0. The Balaban J connectivity index is 2.39. The maximum Gasteiger partial charge on any atom is 0.306 e. The van der Waals surface area contributed by atoms with Gasteiger partial charge in [0.15, 0.2) is 0 Å². The average molecular weight is 142 g/mol. The zero-order valence-corrected chi connectivity index (χ0v) is 6.59. The van der Waals surface area contributed by atoms with Crippen molar-refractivity contribution >= 4 is 5.97 Å². The summed E-state index contributed by atoms with van der Waals surface area (Å²) in [5.41, 5.74) is 0. The topological polar surface area (TPSA) is 26.3 Å². The first-order chi connectivity index (χ1) is 4.70. The molecule has 0 saturated carbocycles. The van der Waals surface area contributed by atoms with Crippen molar-refractivity contribution in [1.29, 1.82) is 0 Å². The quantitative estimate of drug-likeness (QED) is 0.520. The Labute approximate surface area is 61.6 Å². The Morgan fingerprint density at radius 3 is 2.70 bits per heavy atom. The first kappa shape index (κ1) is 7.58. The lowest BCUT2D eigenvalue weighted by Crippen LogP contribution is -2.24. The lowest BCUT2D eigenvalue weighted by Gasteiger charge is -2.23. The van der Waals surface area contributed by atoms with Gasteiger partial charge in [-0.1, -0.05) is 13.8 Å². The predicted molar refractivity (Wildman–Crippen MR) is 38.5 cm³/mol. The third-order valence-corrected chi connectivity index (χ3v) is 2.12. The number of hydrogen-bond acceptors (Lipinski definition) is 2. The third-order valence-electron chi connectivity index (χ3n) is 2.12. The van der Waals surface area contributed by atoms with Crippen LogP contribution < -0.4 is 0 Å². The van der Waals surface area contributed by atoms with Crippen LogP contribution in [-0.2, 0) is 9.53 Å². The molecule has 10 heavy (non-hydrogen) atoms. The van der Waals surface area contributed by atoms with Crippen LogP contribution in [0.4, 0.5) is 0 Å². The van der Waals surface area contributed by atoms with E-state index in [1.54, 1.807) is 0 Å². The number of esters is 1. The number of cyclic esters (lactones) is 1. The fourth-order valence-electron chi connectivity index (χ4n) is 1.27. The lowest BCUT2D eigenvalue weighted by molar-refractivity contribution is -0.149. The van der Waals surface area contributed by atoms with E-state index in [9.17, 15) is 4.79 Å². The summed E-state index contributed by atoms with van der Waals surface area (Å²) in [7, 11) is 0. The largest absolute Gasteiger partial charge is 0.466 e. The summed E-state index contributed by atoms with van der Waals surface area (Å²) >= 11 is 0. The van der Waals surface area contributed by atoms with Crippen molar-refractivity contribution in [2.24, 2.45) is 11.8 Å². The maximum atomic E-state index is 10.8. The number of hydrogen-bond donors (Lipinski definition) is 0. The molecule has 0 amide bonds. The molecule has 1 fully saturated rings. The fraction of sp³-hybridized carbons (Fsp3) is 0.875. The van der Waals surface area contributed by atoms with Crippen LogP contribution in [0.15, 0.2) is 0 Å². The van der Waals surface area contributed by atoms with E-state index in [4.69, 9.17) is 4.74 Å². The molecule has 0 aliphatic carbocycles. The molecule has 0 N–H and O–H groups in total. The van der Waals surface area contributed by atoms with E-state index in [0.29, 0.717) is 24.9 Å². The highest BCUT2D eigenvalue weighted by Crippen LogP contribution is 2.23. The van der Waals surface area contributed by atoms with E-state index >= 15 is 0 Å². The molecule has 0 bridgehead atoms. The second kappa shape index (κ2) is 3.04. The summed E-state index contributed by atoms with van der Waals surface area (Å²) in [4.78, 5) is 10.8. The summed E-state index contributed by atoms with van der Waals surface area (Å²) in [6.07, 6.45) is 1.67. The number of carbonyl (C=O) groups excluding carboxylic acids is 1. The molecule has 0 radical (unpaired) electrons. The van der Waals surface area contributed by atoms with Gasteiger partial charge in [0.1, 0.15) is 0 Å². The van der Waals surface area contributed by atoms with Crippen LogP contribution in [0.3, 0.4) is 0 Å². The Hall–Kier alpha value is -0.530. The van der Waals surface area contributed by atoms with Crippen LogP contribution in [-0.4, -0.2) is 12.6 Å². The first-order valence-corrected chi connectivity index (χ1v) is 3.86. The van der Waals surface area contributed by atoms with Crippen LogP contribution >= 0.6 is 0 Å². The standard InChI is InChI=1S/C8H14O2/c1-6(2)7-3-4-10-8(9)5-7/h6-7H,3-5H2,1-2H3. The Bertz CT molecular complexity index is 129. The molecule has 0 aromatic heterocycles. The molecule has 2 nitrogen and oxygen atoms in total. The van der Waals surface area contributed by atoms with E-state index in [2.05, 4.69) is 13.8 Å². The highest BCUT2D eigenvalue weighted by molar-refractivity contribution is 5.70. The van der Waals surface area contributed by atoms with Gasteiger partial charge in [0, 0.05) is 6.42 Å². The van der Waals surface area contributed by atoms with Gasteiger partial charge >= 0.3 is 5.97 Å². The Kier molecular flexibility index (Phi) is 2.30.